The minimum Gasteiger partial charge on any atom is -0.448 e. The van der Waals surface area contributed by atoms with Gasteiger partial charge in [-0.1, -0.05) is 6.92 Å². The summed E-state index contributed by atoms with van der Waals surface area (Å²) in [5.74, 6) is -1.11. The van der Waals surface area contributed by atoms with Gasteiger partial charge in [-0.2, -0.15) is 5.10 Å². The highest BCUT2D eigenvalue weighted by Crippen LogP contribution is 2.01. The SMILES string of the molecule is CCCn1nc(C(=O)OC(C)C(=O)NC(C)C)ccc1=O. The molecule has 0 aliphatic heterocycles. The molecule has 116 valence electrons. The fraction of sp³-hybridized carbons (Fsp3) is 0.571. The number of nitrogens with zero attached hydrogens (tertiary/aromatic N) is 2. The van der Waals surface area contributed by atoms with Crippen molar-refractivity contribution in [3.8, 4) is 0 Å². The Bertz CT molecular complexity index is 566. The third-order valence-corrected chi connectivity index (χ3v) is 2.60. The van der Waals surface area contributed by atoms with Crippen LogP contribution in [0.25, 0.3) is 0 Å². The molecule has 1 aromatic heterocycles. The third-order valence-electron chi connectivity index (χ3n) is 2.60. The number of ether oxygens (including phenoxy) is 1. The summed E-state index contributed by atoms with van der Waals surface area (Å²) in [6.07, 6.45) is -0.202. The van der Waals surface area contributed by atoms with Crippen molar-refractivity contribution in [2.75, 3.05) is 0 Å². The van der Waals surface area contributed by atoms with Crippen LogP contribution in [0, 0.1) is 0 Å². The standard InChI is InChI=1S/C14H21N3O4/c1-5-8-17-12(18)7-6-11(16-17)14(20)21-10(4)13(19)15-9(2)3/h6-7,9-10H,5,8H2,1-4H3,(H,15,19). The number of hydrogen-bond acceptors (Lipinski definition) is 5. The average Bonchev–Trinajstić information content (AvgIpc) is 2.40. The van der Waals surface area contributed by atoms with Gasteiger partial charge in [0.1, 0.15) is 0 Å². The Labute approximate surface area is 123 Å². The molecule has 21 heavy (non-hydrogen) atoms. The van der Waals surface area contributed by atoms with Gasteiger partial charge in [0, 0.05) is 18.7 Å². The van der Waals surface area contributed by atoms with E-state index in [2.05, 4.69) is 10.4 Å². The molecule has 0 spiro atoms. The fourth-order valence-corrected chi connectivity index (χ4v) is 1.61. The molecule has 1 aromatic rings. The molecule has 0 bridgehead atoms. The monoisotopic (exact) mass is 295 g/mol. The highest BCUT2D eigenvalue weighted by Gasteiger charge is 2.20. The Morgan fingerprint density at radius 2 is 2.00 bits per heavy atom. The van der Waals surface area contributed by atoms with Crippen molar-refractivity contribution >= 4 is 11.9 Å². The maximum Gasteiger partial charge on any atom is 0.359 e. The van der Waals surface area contributed by atoms with Gasteiger partial charge >= 0.3 is 5.97 Å². The lowest BCUT2D eigenvalue weighted by atomic mass is 10.3. The van der Waals surface area contributed by atoms with Crippen LogP contribution in [-0.2, 0) is 16.1 Å². The lowest BCUT2D eigenvalue weighted by Crippen LogP contribution is -2.39. The summed E-state index contributed by atoms with van der Waals surface area (Å²) in [7, 11) is 0. The molecule has 1 atom stereocenters. The fourth-order valence-electron chi connectivity index (χ4n) is 1.61. The predicted molar refractivity (Wildman–Crippen MR) is 76.9 cm³/mol. The maximum absolute atomic E-state index is 11.9. The first-order chi connectivity index (χ1) is 9.85. The lowest BCUT2D eigenvalue weighted by Gasteiger charge is -2.15. The molecule has 0 fully saturated rings. The summed E-state index contributed by atoms with van der Waals surface area (Å²) in [6, 6.07) is 2.52. The van der Waals surface area contributed by atoms with E-state index in [0.29, 0.717) is 6.54 Å². The number of amides is 1. The van der Waals surface area contributed by atoms with Gasteiger partial charge in [0.25, 0.3) is 11.5 Å². The highest BCUT2D eigenvalue weighted by atomic mass is 16.5. The van der Waals surface area contributed by atoms with E-state index >= 15 is 0 Å². The first kappa shape index (κ1) is 16.9. The topological polar surface area (TPSA) is 90.3 Å². The van der Waals surface area contributed by atoms with E-state index in [1.807, 2.05) is 20.8 Å². The average molecular weight is 295 g/mol. The van der Waals surface area contributed by atoms with Crippen molar-refractivity contribution < 1.29 is 14.3 Å². The first-order valence-electron chi connectivity index (χ1n) is 6.94. The van der Waals surface area contributed by atoms with Crippen LogP contribution in [0.5, 0.6) is 0 Å². The van der Waals surface area contributed by atoms with Crippen molar-refractivity contribution in [1.82, 2.24) is 15.1 Å². The molecule has 1 rings (SSSR count). The number of hydrogen-bond donors (Lipinski definition) is 1. The number of carbonyl (C=O) groups is 2. The van der Waals surface area contributed by atoms with Crippen LogP contribution in [-0.4, -0.2) is 33.8 Å². The van der Waals surface area contributed by atoms with Crippen molar-refractivity contribution in [2.45, 2.75) is 52.8 Å². The molecule has 7 heteroatoms. The summed E-state index contributed by atoms with van der Waals surface area (Å²) < 4.78 is 6.25. The summed E-state index contributed by atoms with van der Waals surface area (Å²) in [5, 5.41) is 6.58. The molecule has 1 amide bonds. The Kier molecular flexibility index (Phi) is 6.08. The number of carbonyl (C=O) groups excluding carboxylic acids is 2. The Hall–Kier alpha value is -2.18. The van der Waals surface area contributed by atoms with Gasteiger partial charge in [-0.05, 0) is 33.3 Å². The number of esters is 1. The van der Waals surface area contributed by atoms with Crippen LogP contribution in [0.1, 0.15) is 44.6 Å². The van der Waals surface area contributed by atoms with E-state index in [9.17, 15) is 14.4 Å². The van der Waals surface area contributed by atoms with Crippen LogP contribution < -0.4 is 10.9 Å². The molecule has 0 aliphatic carbocycles. The smallest absolute Gasteiger partial charge is 0.359 e. The van der Waals surface area contributed by atoms with Crippen LogP contribution in [0.15, 0.2) is 16.9 Å². The Morgan fingerprint density at radius 3 is 2.57 bits per heavy atom. The van der Waals surface area contributed by atoms with E-state index in [1.165, 1.54) is 23.7 Å². The van der Waals surface area contributed by atoms with Crippen molar-refractivity contribution in [1.29, 1.82) is 0 Å². The molecule has 0 aliphatic rings. The Morgan fingerprint density at radius 1 is 1.33 bits per heavy atom. The maximum atomic E-state index is 11.9. The van der Waals surface area contributed by atoms with Crippen molar-refractivity contribution in [2.24, 2.45) is 0 Å². The lowest BCUT2D eigenvalue weighted by molar-refractivity contribution is -0.129. The second-order valence-corrected chi connectivity index (χ2v) is 4.99. The summed E-state index contributed by atoms with van der Waals surface area (Å²) in [6.45, 7) is 7.43. The molecule has 1 heterocycles. The molecule has 0 saturated carbocycles. The molecule has 0 saturated heterocycles. The number of aryl methyl sites for hydroxylation is 1. The van der Waals surface area contributed by atoms with Crippen molar-refractivity contribution in [3.05, 3.63) is 28.2 Å². The number of nitrogens with one attached hydrogen (secondary N) is 1. The zero-order valence-corrected chi connectivity index (χ0v) is 12.8. The van der Waals surface area contributed by atoms with Gasteiger partial charge in [-0.3, -0.25) is 9.59 Å². The molecular formula is C14H21N3O4. The van der Waals surface area contributed by atoms with E-state index in [0.717, 1.165) is 6.42 Å². The van der Waals surface area contributed by atoms with Crippen LogP contribution in [0.2, 0.25) is 0 Å². The van der Waals surface area contributed by atoms with Crippen LogP contribution in [0.3, 0.4) is 0 Å². The minimum atomic E-state index is -0.923. The molecule has 0 radical (unpaired) electrons. The summed E-state index contributed by atoms with van der Waals surface area (Å²) in [5.41, 5.74) is -0.272. The third kappa shape index (κ3) is 5.02. The molecular weight excluding hydrogens is 274 g/mol. The Balaban J connectivity index is 2.78. The van der Waals surface area contributed by atoms with E-state index in [1.54, 1.807) is 0 Å². The van der Waals surface area contributed by atoms with E-state index in [4.69, 9.17) is 4.74 Å². The second-order valence-electron chi connectivity index (χ2n) is 4.99. The van der Waals surface area contributed by atoms with Crippen molar-refractivity contribution in [3.63, 3.8) is 0 Å². The second kappa shape index (κ2) is 7.56. The summed E-state index contributed by atoms with van der Waals surface area (Å²) >= 11 is 0. The molecule has 7 nitrogen and oxygen atoms in total. The van der Waals surface area contributed by atoms with Gasteiger partial charge in [-0.15, -0.1) is 0 Å². The number of aromatic nitrogens is 2. The van der Waals surface area contributed by atoms with Gasteiger partial charge in [-0.25, -0.2) is 9.48 Å². The van der Waals surface area contributed by atoms with Gasteiger partial charge in [0.05, 0.1) is 0 Å². The zero-order valence-electron chi connectivity index (χ0n) is 12.8. The molecule has 1 N–H and O–H groups in total. The normalized spacial score (nSPS) is 12.0. The zero-order chi connectivity index (χ0) is 16.0. The predicted octanol–water partition coefficient (Wildman–Crippen LogP) is 0.723. The quantitative estimate of drug-likeness (QED) is 0.781. The minimum absolute atomic E-state index is 0.00671. The van der Waals surface area contributed by atoms with E-state index < -0.39 is 12.1 Å². The van der Waals surface area contributed by atoms with Gasteiger partial charge in [0.15, 0.2) is 11.8 Å². The molecule has 1 unspecified atom stereocenters. The first-order valence-corrected chi connectivity index (χ1v) is 6.94. The van der Waals surface area contributed by atoms with Gasteiger partial charge < -0.3 is 10.1 Å². The highest BCUT2D eigenvalue weighted by molar-refractivity contribution is 5.90. The largest absolute Gasteiger partial charge is 0.448 e. The summed E-state index contributed by atoms with van der Waals surface area (Å²) in [4.78, 5) is 35.1. The van der Waals surface area contributed by atoms with E-state index in [-0.39, 0.29) is 23.2 Å². The molecule has 0 aromatic carbocycles. The number of rotatable bonds is 6. The van der Waals surface area contributed by atoms with Gasteiger partial charge in [0.2, 0.25) is 0 Å². The van der Waals surface area contributed by atoms with Crippen LogP contribution >= 0.6 is 0 Å². The van der Waals surface area contributed by atoms with Crippen LogP contribution in [0.4, 0.5) is 0 Å².